The van der Waals surface area contributed by atoms with Crippen molar-refractivity contribution in [2.24, 2.45) is 0 Å². The number of rotatable bonds is 4. The number of nitrogens with one attached hydrogen (secondary N) is 1. The summed E-state index contributed by atoms with van der Waals surface area (Å²) in [6.07, 6.45) is 1.15. The van der Waals surface area contributed by atoms with E-state index in [9.17, 15) is 4.79 Å². The summed E-state index contributed by atoms with van der Waals surface area (Å²) in [5.41, 5.74) is 1.69. The van der Waals surface area contributed by atoms with Crippen molar-refractivity contribution in [1.29, 1.82) is 0 Å². The average Bonchev–Trinajstić information content (AvgIpc) is 2.74. The molecule has 0 fully saturated rings. The standard InChI is InChI=1S/C12H13NO4/c1-16-10-6-9-3-5-17-11(9)7-8(10)2-4-13-12(14)15/h3,5-7,13H,2,4H2,1H3,(H,14,15). The smallest absolute Gasteiger partial charge is 0.404 e. The summed E-state index contributed by atoms with van der Waals surface area (Å²) in [6, 6.07) is 5.61. The molecule has 0 unspecified atom stereocenters. The Hall–Kier alpha value is -2.17. The lowest BCUT2D eigenvalue weighted by Gasteiger charge is -2.08. The average molecular weight is 235 g/mol. The number of fused-ring (bicyclic) bond motifs is 1. The Labute approximate surface area is 98.0 Å². The van der Waals surface area contributed by atoms with Crippen molar-refractivity contribution < 1.29 is 19.1 Å². The first kappa shape index (κ1) is 11.3. The summed E-state index contributed by atoms with van der Waals surface area (Å²) in [6.45, 7) is 0.345. The zero-order chi connectivity index (χ0) is 12.3. The van der Waals surface area contributed by atoms with E-state index >= 15 is 0 Å². The van der Waals surface area contributed by atoms with Crippen LogP contribution in [0.2, 0.25) is 0 Å². The van der Waals surface area contributed by atoms with Gasteiger partial charge in [-0.05, 0) is 30.2 Å². The fourth-order valence-electron chi connectivity index (χ4n) is 1.72. The minimum atomic E-state index is -1.02. The van der Waals surface area contributed by atoms with Crippen molar-refractivity contribution in [2.45, 2.75) is 6.42 Å². The monoisotopic (exact) mass is 235 g/mol. The molecular formula is C12H13NO4. The van der Waals surface area contributed by atoms with Crippen LogP contribution < -0.4 is 10.1 Å². The number of carboxylic acid groups (broad SMARTS) is 1. The van der Waals surface area contributed by atoms with E-state index in [0.29, 0.717) is 13.0 Å². The Bertz CT molecular complexity index is 532. The molecule has 0 aliphatic carbocycles. The molecule has 2 N–H and O–H groups in total. The van der Waals surface area contributed by atoms with Crippen molar-refractivity contribution in [3.05, 3.63) is 30.0 Å². The Balaban J connectivity index is 2.21. The first-order valence-corrected chi connectivity index (χ1v) is 5.21. The van der Waals surface area contributed by atoms with Crippen LogP contribution in [0.3, 0.4) is 0 Å². The SMILES string of the molecule is COc1cc2ccoc2cc1CCNC(=O)O. The van der Waals surface area contributed by atoms with E-state index in [1.165, 1.54) is 0 Å². The summed E-state index contributed by atoms with van der Waals surface area (Å²) in [5.74, 6) is 0.742. The number of ether oxygens (including phenoxy) is 1. The Morgan fingerprint density at radius 2 is 2.35 bits per heavy atom. The topological polar surface area (TPSA) is 71.7 Å². The molecule has 90 valence electrons. The van der Waals surface area contributed by atoms with Crippen LogP contribution in [-0.2, 0) is 6.42 Å². The number of furan rings is 1. The van der Waals surface area contributed by atoms with Crippen molar-refractivity contribution in [2.75, 3.05) is 13.7 Å². The zero-order valence-corrected chi connectivity index (χ0v) is 9.40. The predicted molar refractivity (Wildman–Crippen MR) is 62.5 cm³/mol. The number of amides is 1. The van der Waals surface area contributed by atoms with Crippen molar-refractivity contribution in [1.82, 2.24) is 5.32 Å². The van der Waals surface area contributed by atoms with E-state index in [1.54, 1.807) is 13.4 Å². The highest BCUT2D eigenvalue weighted by Crippen LogP contribution is 2.26. The quantitative estimate of drug-likeness (QED) is 0.852. The molecule has 0 saturated heterocycles. The molecule has 0 aliphatic rings. The number of methoxy groups -OCH3 is 1. The van der Waals surface area contributed by atoms with Crippen LogP contribution >= 0.6 is 0 Å². The van der Waals surface area contributed by atoms with Crippen LogP contribution in [0.25, 0.3) is 11.0 Å². The van der Waals surface area contributed by atoms with Gasteiger partial charge in [0.2, 0.25) is 0 Å². The maximum atomic E-state index is 10.4. The van der Waals surface area contributed by atoms with Gasteiger partial charge in [-0.1, -0.05) is 0 Å². The Morgan fingerprint density at radius 3 is 3.06 bits per heavy atom. The normalized spacial score (nSPS) is 10.4. The second-order valence-corrected chi connectivity index (χ2v) is 3.60. The highest BCUT2D eigenvalue weighted by Gasteiger charge is 2.07. The summed E-state index contributed by atoms with van der Waals surface area (Å²) < 4.78 is 10.6. The minimum absolute atomic E-state index is 0.345. The van der Waals surface area contributed by atoms with Crippen LogP contribution in [0.4, 0.5) is 4.79 Å². The molecular weight excluding hydrogens is 222 g/mol. The molecule has 5 heteroatoms. The van der Waals surface area contributed by atoms with Gasteiger partial charge in [-0.15, -0.1) is 0 Å². The first-order chi connectivity index (χ1) is 8.20. The highest BCUT2D eigenvalue weighted by atomic mass is 16.5. The molecule has 0 bridgehead atoms. The van der Waals surface area contributed by atoms with Gasteiger partial charge in [0.15, 0.2) is 0 Å². The summed E-state index contributed by atoms with van der Waals surface area (Å²) in [7, 11) is 1.59. The third-order valence-electron chi connectivity index (χ3n) is 2.53. The molecule has 17 heavy (non-hydrogen) atoms. The fourth-order valence-corrected chi connectivity index (χ4v) is 1.72. The minimum Gasteiger partial charge on any atom is -0.496 e. The molecule has 1 amide bonds. The van der Waals surface area contributed by atoms with E-state index in [2.05, 4.69) is 5.32 Å². The second-order valence-electron chi connectivity index (χ2n) is 3.60. The lowest BCUT2D eigenvalue weighted by atomic mass is 10.1. The number of hydrogen-bond acceptors (Lipinski definition) is 3. The summed E-state index contributed by atoms with van der Waals surface area (Å²) >= 11 is 0. The molecule has 0 aliphatic heterocycles. The van der Waals surface area contributed by atoms with Gasteiger partial charge < -0.3 is 19.6 Å². The fraction of sp³-hybridized carbons (Fsp3) is 0.250. The summed E-state index contributed by atoms with van der Waals surface area (Å²) in [5, 5.41) is 11.8. The third kappa shape index (κ3) is 2.50. The van der Waals surface area contributed by atoms with Crippen LogP contribution in [0.5, 0.6) is 5.75 Å². The molecule has 0 radical (unpaired) electrons. The van der Waals surface area contributed by atoms with E-state index in [1.807, 2.05) is 18.2 Å². The van der Waals surface area contributed by atoms with Crippen molar-refractivity contribution in [3.8, 4) is 5.75 Å². The van der Waals surface area contributed by atoms with Gasteiger partial charge in [0, 0.05) is 11.9 Å². The van der Waals surface area contributed by atoms with Gasteiger partial charge in [0.1, 0.15) is 11.3 Å². The second kappa shape index (κ2) is 4.78. The first-order valence-electron chi connectivity index (χ1n) is 5.21. The van der Waals surface area contributed by atoms with E-state index in [0.717, 1.165) is 22.3 Å². The van der Waals surface area contributed by atoms with Gasteiger partial charge in [0.25, 0.3) is 0 Å². The number of hydrogen-bond donors (Lipinski definition) is 2. The molecule has 0 spiro atoms. The Kier molecular flexibility index (Phi) is 3.18. The van der Waals surface area contributed by atoms with Crippen LogP contribution in [-0.4, -0.2) is 24.9 Å². The maximum Gasteiger partial charge on any atom is 0.404 e. The van der Waals surface area contributed by atoms with Gasteiger partial charge >= 0.3 is 6.09 Å². The van der Waals surface area contributed by atoms with Crippen molar-refractivity contribution in [3.63, 3.8) is 0 Å². The van der Waals surface area contributed by atoms with Gasteiger partial charge in [0.05, 0.1) is 13.4 Å². The van der Waals surface area contributed by atoms with Crippen LogP contribution in [0, 0.1) is 0 Å². The van der Waals surface area contributed by atoms with Crippen LogP contribution in [0.15, 0.2) is 28.9 Å². The molecule has 2 rings (SSSR count). The van der Waals surface area contributed by atoms with Gasteiger partial charge in [-0.25, -0.2) is 4.79 Å². The molecule has 1 aromatic heterocycles. The van der Waals surface area contributed by atoms with E-state index < -0.39 is 6.09 Å². The zero-order valence-electron chi connectivity index (χ0n) is 9.40. The van der Waals surface area contributed by atoms with E-state index in [4.69, 9.17) is 14.3 Å². The van der Waals surface area contributed by atoms with Gasteiger partial charge in [-0.2, -0.15) is 0 Å². The van der Waals surface area contributed by atoms with E-state index in [-0.39, 0.29) is 0 Å². The van der Waals surface area contributed by atoms with Crippen molar-refractivity contribution >= 4 is 17.1 Å². The third-order valence-corrected chi connectivity index (χ3v) is 2.53. The summed E-state index contributed by atoms with van der Waals surface area (Å²) in [4.78, 5) is 10.4. The highest BCUT2D eigenvalue weighted by molar-refractivity contribution is 5.80. The lowest BCUT2D eigenvalue weighted by molar-refractivity contribution is 0.194. The molecule has 2 aromatic rings. The number of carbonyl (C=O) groups is 1. The Morgan fingerprint density at radius 1 is 1.53 bits per heavy atom. The lowest BCUT2D eigenvalue weighted by Crippen LogP contribution is -2.23. The molecule has 0 saturated carbocycles. The molecule has 1 aromatic carbocycles. The largest absolute Gasteiger partial charge is 0.496 e. The molecule has 5 nitrogen and oxygen atoms in total. The predicted octanol–water partition coefficient (Wildman–Crippen LogP) is 2.25. The van der Waals surface area contributed by atoms with Crippen LogP contribution in [0.1, 0.15) is 5.56 Å². The molecule has 0 atom stereocenters. The molecule has 1 heterocycles. The number of benzene rings is 1. The maximum absolute atomic E-state index is 10.4. The van der Waals surface area contributed by atoms with Gasteiger partial charge in [-0.3, -0.25) is 0 Å².